The minimum absolute atomic E-state index is 0.531. The van der Waals surface area contributed by atoms with E-state index in [-0.39, 0.29) is 0 Å². The zero-order valence-electron chi connectivity index (χ0n) is 9.61. The lowest BCUT2D eigenvalue weighted by atomic mass is 10.2. The van der Waals surface area contributed by atoms with E-state index in [9.17, 15) is 0 Å². The molecule has 0 aliphatic carbocycles. The SMILES string of the molecule is N#Cc1ccc(Oc2cccc(C(Cl)(Cl)Cl)c2)cc1. The molecule has 0 atom stereocenters. The van der Waals surface area contributed by atoms with E-state index < -0.39 is 3.79 Å². The molecule has 2 aromatic carbocycles. The zero-order chi connectivity index (χ0) is 13.9. The Labute approximate surface area is 126 Å². The highest BCUT2D eigenvalue weighted by atomic mass is 35.6. The second kappa shape index (κ2) is 5.71. The second-order valence-electron chi connectivity index (χ2n) is 3.76. The molecule has 0 aromatic heterocycles. The van der Waals surface area contributed by atoms with Crippen molar-refractivity contribution in [2.45, 2.75) is 3.79 Å². The van der Waals surface area contributed by atoms with Crippen LogP contribution in [0.3, 0.4) is 0 Å². The second-order valence-corrected chi connectivity index (χ2v) is 6.05. The molecule has 0 heterocycles. The van der Waals surface area contributed by atoms with E-state index in [2.05, 4.69) is 0 Å². The predicted molar refractivity (Wildman–Crippen MR) is 76.9 cm³/mol. The first-order valence-electron chi connectivity index (χ1n) is 5.34. The molecule has 19 heavy (non-hydrogen) atoms. The third kappa shape index (κ3) is 3.78. The molecular weight excluding hydrogens is 305 g/mol. The van der Waals surface area contributed by atoms with E-state index in [0.717, 1.165) is 0 Å². The molecule has 0 unspecified atom stereocenters. The Morgan fingerprint density at radius 2 is 1.63 bits per heavy atom. The average Bonchev–Trinajstić information content (AvgIpc) is 2.39. The first-order chi connectivity index (χ1) is 8.99. The Balaban J connectivity index is 2.21. The minimum atomic E-state index is -1.48. The quantitative estimate of drug-likeness (QED) is 0.716. The van der Waals surface area contributed by atoms with E-state index >= 15 is 0 Å². The Morgan fingerprint density at radius 1 is 0.947 bits per heavy atom. The molecule has 0 saturated carbocycles. The van der Waals surface area contributed by atoms with Crippen molar-refractivity contribution in [2.75, 3.05) is 0 Å². The molecule has 5 heteroatoms. The largest absolute Gasteiger partial charge is 0.457 e. The van der Waals surface area contributed by atoms with E-state index in [1.807, 2.05) is 6.07 Å². The summed E-state index contributed by atoms with van der Waals surface area (Å²) in [5, 5.41) is 8.71. The fourth-order valence-electron chi connectivity index (χ4n) is 1.47. The summed E-state index contributed by atoms with van der Waals surface area (Å²) in [4.78, 5) is 0. The molecule has 2 nitrogen and oxygen atoms in total. The van der Waals surface area contributed by atoms with Crippen LogP contribution in [0, 0.1) is 11.3 Å². The number of alkyl halides is 3. The third-order valence-electron chi connectivity index (χ3n) is 2.38. The van der Waals surface area contributed by atoms with Crippen molar-refractivity contribution < 1.29 is 4.74 Å². The van der Waals surface area contributed by atoms with Gasteiger partial charge in [0.15, 0.2) is 0 Å². The van der Waals surface area contributed by atoms with E-state index in [1.165, 1.54) is 0 Å². The van der Waals surface area contributed by atoms with Gasteiger partial charge in [0.2, 0.25) is 3.79 Å². The van der Waals surface area contributed by atoms with Crippen molar-refractivity contribution >= 4 is 34.8 Å². The summed E-state index contributed by atoms with van der Waals surface area (Å²) in [5.41, 5.74) is 1.10. The van der Waals surface area contributed by atoms with Gasteiger partial charge in [-0.1, -0.05) is 46.9 Å². The van der Waals surface area contributed by atoms with Gasteiger partial charge in [-0.25, -0.2) is 0 Å². The van der Waals surface area contributed by atoms with Gasteiger partial charge in [0.05, 0.1) is 11.6 Å². The summed E-state index contributed by atoms with van der Waals surface area (Å²) in [6.45, 7) is 0. The standard InChI is InChI=1S/C14H8Cl3NO/c15-14(16,17)11-2-1-3-13(8-11)19-12-6-4-10(9-18)5-7-12/h1-8H. The van der Waals surface area contributed by atoms with Crippen LogP contribution in [0.15, 0.2) is 48.5 Å². The molecule has 0 radical (unpaired) electrons. The van der Waals surface area contributed by atoms with Gasteiger partial charge in [-0.05, 0) is 36.4 Å². The van der Waals surface area contributed by atoms with Crippen molar-refractivity contribution in [1.82, 2.24) is 0 Å². The Hall–Kier alpha value is -1.40. The summed E-state index contributed by atoms with van der Waals surface area (Å²) >= 11 is 17.4. The zero-order valence-corrected chi connectivity index (χ0v) is 11.9. The lowest BCUT2D eigenvalue weighted by Gasteiger charge is -2.13. The molecule has 2 aromatic rings. The Kier molecular flexibility index (Phi) is 4.21. The van der Waals surface area contributed by atoms with Gasteiger partial charge in [0.25, 0.3) is 0 Å². The monoisotopic (exact) mass is 311 g/mol. The normalized spacial score (nSPS) is 10.8. The van der Waals surface area contributed by atoms with Gasteiger partial charge in [-0.15, -0.1) is 0 Å². The fraction of sp³-hybridized carbons (Fsp3) is 0.0714. The van der Waals surface area contributed by atoms with Gasteiger partial charge in [-0.2, -0.15) is 5.26 Å². The smallest absolute Gasteiger partial charge is 0.216 e. The van der Waals surface area contributed by atoms with Gasteiger partial charge >= 0.3 is 0 Å². The van der Waals surface area contributed by atoms with Crippen LogP contribution in [0.2, 0.25) is 0 Å². The molecular formula is C14H8Cl3NO. The molecule has 0 amide bonds. The van der Waals surface area contributed by atoms with Crippen LogP contribution in [-0.2, 0) is 3.79 Å². The number of ether oxygens (including phenoxy) is 1. The molecule has 2 rings (SSSR count). The van der Waals surface area contributed by atoms with E-state index in [0.29, 0.717) is 22.6 Å². The molecule has 0 fully saturated rings. The van der Waals surface area contributed by atoms with Crippen molar-refractivity contribution in [2.24, 2.45) is 0 Å². The van der Waals surface area contributed by atoms with Crippen LogP contribution >= 0.6 is 34.8 Å². The minimum Gasteiger partial charge on any atom is -0.457 e. The van der Waals surface area contributed by atoms with Gasteiger partial charge in [-0.3, -0.25) is 0 Å². The highest BCUT2D eigenvalue weighted by Crippen LogP contribution is 2.39. The van der Waals surface area contributed by atoms with Crippen LogP contribution < -0.4 is 4.74 Å². The summed E-state index contributed by atoms with van der Waals surface area (Å²) < 4.78 is 4.15. The predicted octanol–water partition coefficient (Wildman–Crippen LogP) is 5.18. The molecule has 0 spiro atoms. The Morgan fingerprint density at radius 3 is 2.21 bits per heavy atom. The number of hydrogen-bond acceptors (Lipinski definition) is 2. The first-order valence-corrected chi connectivity index (χ1v) is 6.48. The van der Waals surface area contributed by atoms with Gasteiger partial charge in [0, 0.05) is 5.56 Å². The van der Waals surface area contributed by atoms with Crippen LogP contribution in [0.1, 0.15) is 11.1 Å². The van der Waals surface area contributed by atoms with Crippen molar-refractivity contribution in [3.05, 3.63) is 59.7 Å². The lowest BCUT2D eigenvalue weighted by Crippen LogP contribution is -1.99. The highest BCUT2D eigenvalue weighted by Gasteiger charge is 2.22. The van der Waals surface area contributed by atoms with E-state index in [4.69, 9.17) is 44.8 Å². The van der Waals surface area contributed by atoms with E-state index in [1.54, 1.807) is 48.5 Å². The summed E-state index contributed by atoms with van der Waals surface area (Å²) in [7, 11) is 0. The van der Waals surface area contributed by atoms with Crippen molar-refractivity contribution in [3.63, 3.8) is 0 Å². The average molecular weight is 313 g/mol. The number of halogens is 3. The molecule has 0 bridgehead atoms. The van der Waals surface area contributed by atoms with Crippen LogP contribution in [0.25, 0.3) is 0 Å². The van der Waals surface area contributed by atoms with Crippen LogP contribution in [-0.4, -0.2) is 0 Å². The van der Waals surface area contributed by atoms with Crippen molar-refractivity contribution in [1.29, 1.82) is 5.26 Å². The van der Waals surface area contributed by atoms with Gasteiger partial charge < -0.3 is 4.74 Å². The molecule has 0 aliphatic heterocycles. The topological polar surface area (TPSA) is 33.0 Å². The maximum atomic E-state index is 8.71. The Bertz CT molecular complexity index is 612. The number of rotatable bonds is 2. The highest BCUT2D eigenvalue weighted by molar-refractivity contribution is 6.66. The number of nitriles is 1. The lowest BCUT2D eigenvalue weighted by molar-refractivity contribution is 0.482. The summed E-state index contributed by atoms with van der Waals surface area (Å²) in [6, 6.07) is 15.7. The van der Waals surface area contributed by atoms with Crippen molar-refractivity contribution in [3.8, 4) is 17.6 Å². The number of nitrogens with zero attached hydrogens (tertiary/aromatic N) is 1. The summed E-state index contributed by atoms with van der Waals surface area (Å²) in [6.07, 6.45) is 0. The third-order valence-corrected chi connectivity index (χ3v) is 3.04. The molecule has 0 aliphatic rings. The maximum absolute atomic E-state index is 8.71. The number of hydrogen-bond donors (Lipinski definition) is 0. The number of benzene rings is 2. The molecule has 0 saturated heterocycles. The fourth-order valence-corrected chi connectivity index (χ4v) is 1.82. The summed E-state index contributed by atoms with van der Waals surface area (Å²) in [5.74, 6) is 1.18. The first kappa shape index (κ1) is 14.0. The van der Waals surface area contributed by atoms with Crippen LogP contribution in [0.5, 0.6) is 11.5 Å². The maximum Gasteiger partial charge on any atom is 0.216 e. The molecule has 0 N–H and O–H groups in total. The molecule has 96 valence electrons. The van der Waals surface area contributed by atoms with Crippen LogP contribution in [0.4, 0.5) is 0 Å². The van der Waals surface area contributed by atoms with Gasteiger partial charge in [0.1, 0.15) is 11.5 Å².